The normalized spacial score (nSPS) is 12.6. The molecule has 0 saturated carbocycles. The molecule has 0 N–H and O–H groups in total. The van der Waals surface area contributed by atoms with Crippen LogP contribution in [0, 0.1) is 0 Å². The Balaban J connectivity index is 1.13. The van der Waals surface area contributed by atoms with Gasteiger partial charge in [-0.05, 0) is 106 Å². The lowest BCUT2D eigenvalue weighted by Crippen LogP contribution is -2.32. The molecule has 0 radical (unpaired) electrons. The van der Waals surface area contributed by atoms with Crippen LogP contribution in [0.15, 0.2) is 255 Å². The van der Waals surface area contributed by atoms with Gasteiger partial charge >= 0.3 is 0 Å². The summed E-state index contributed by atoms with van der Waals surface area (Å²) >= 11 is 0. The van der Waals surface area contributed by atoms with Crippen molar-refractivity contribution in [1.29, 1.82) is 0 Å². The molecular formula is C61H42N2O. The molecule has 12 rings (SSSR count). The SMILES string of the molecule is c1ccc(-c2ccccc2N(c2ccccc2)c2ccc3c(c2)C2(c4cc(N(c5ccccc5)c5ccccc5-c5ccccc5)ccc4O3)c3ccccc3-c3ccccc32)cc1. The zero-order valence-corrected chi connectivity index (χ0v) is 35.1. The summed E-state index contributed by atoms with van der Waals surface area (Å²) in [5, 5.41) is 0. The van der Waals surface area contributed by atoms with Crippen molar-refractivity contribution < 1.29 is 4.74 Å². The van der Waals surface area contributed by atoms with E-state index < -0.39 is 5.41 Å². The van der Waals surface area contributed by atoms with Crippen LogP contribution in [-0.2, 0) is 5.41 Å². The highest BCUT2D eigenvalue weighted by Crippen LogP contribution is 2.63. The van der Waals surface area contributed by atoms with Gasteiger partial charge in [0.15, 0.2) is 0 Å². The van der Waals surface area contributed by atoms with Gasteiger partial charge in [-0.25, -0.2) is 0 Å². The Hall–Kier alpha value is -8.40. The smallest absolute Gasteiger partial charge is 0.132 e. The van der Waals surface area contributed by atoms with Gasteiger partial charge in [-0.15, -0.1) is 0 Å². The highest BCUT2D eigenvalue weighted by Gasteiger charge is 2.51. The average molecular weight is 819 g/mol. The molecule has 0 saturated heterocycles. The predicted octanol–water partition coefficient (Wildman–Crippen LogP) is 16.4. The van der Waals surface area contributed by atoms with Crippen LogP contribution in [0.25, 0.3) is 33.4 Å². The van der Waals surface area contributed by atoms with E-state index in [4.69, 9.17) is 4.74 Å². The summed E-state index contributed by atoms with van der Waals surface area (Å²) in [4.78, 5) is 4.79. The van der Waals surface area contributed by atoms with Crippen molar-refractivity contribution >= 4 is 34.1 Å². The first-order valence-electron chi connectivity index (χ1n) is 21.9. The lowest BCUT2D eigenvalue weighted by Gasteiger charge is -2.41. The van der Waals surface area contributed by atoms with E-state index in [9.17, 15) is 0 Å². The van der Waals surface area contributed by atoms with Crippen LogP contribution in [0.3, 0.4) is 0 Å². The summed E-state index contributed by atoms with van der Waals surface area (Å²) in [5.41, 5.74) is 17.5. The van der Waals surface area contributed by atoms with Crippen LogP contribution in [0.5, 0.6) is 11.5 Å². The highest BCUT2D eigenvalue weighted by molar-refractivity contribution is 5.94. The Bertz CT molecular complexity index is 3090. The summed E-state index contributed by atoms with van der Waals surface area (Å²) in [6, 6.07) is 91.7. The molecule has 0 amide bonds. The number of benzene rings is 10. The van der Waals surface area contributed by atoms with Crippen molar-refractivity contribution in [1.82, 2.24) is 0 Å². The Kier molecular flexibility index (Phi) is 9.05. The summed E-state index contributed by atoms with van der Waals surface area (Å²) < 4.78 is 7.14. The van der Waals surface area contributed by atoms with E-state index in [0.717, 1.165) is 79.0 Å². The average Bonchev–Trinajstić information content (AvgIpc) is 3.66. The maximum Gasteiger partial charge on any atom is 0.132 e. The van der Waals surface area contributed by atoms with E-state index in [1.165, 1.54) is 22.3 Å². The quantitative estimate of drug-likeness (QED) is 0.152. The number of anilines is 6. The van der Waals surface area contributed by atoms with Crippen LogP contribution < -0.4 is 14.5 Å². The molecule has 1 aliphatic heterocycles. The van der Waals surface area contributed by atoms with Crippen molar-refractivity contribution in [2.75, 3.05) is 9.80 Å². The lowest BCUT2D eigenvalue weighted by atomic mass is 9.66. The van der Waals surface area contributed by atoms with Gasteiger partial charge in [0.2, 0.25) is 0 Å². The van der Waals surface area contributed by atoms with Crippen LogP contribution in [0.1, 0.15) is 22.3 Å². The predicted molar refractivity (Wildman–Crippen MR) is 264 cm³/mol. The number of fused-ring (bicyclic) bond motifs is 9. The second-order valence-electron chi connectivity index (χ2n) is 16.4. The second-order valence-corrected chi connectivity index (χ2v) is 16.4. The molecule has 10 aromatic carbocycles. The molecule has 64 heavy (non-hydrogen) atoms. The first-order chi connectivity index (χ1) is 31.8. The molecule has 1 aliphatic carbocycles. The Morgan fingerprint density at radius 1 is 0.266 bits per heavy atom. The molecule has 0 bridgehead atoms. The Morgan fingerprint density at radius 2 is 0.609 bits per heavy atom. The van der Waals surface area contributed by atoms with Crippen LogP contribution >= 0.6 is 0 Å². The highest BCUT2D eigenvalue weighted by atomic mass is 16.5. The summed E-state index contributed by atoms with van der Waals surface area (Å²) in [6.45, 7) is 0. The summed E-state index contributed by atoms with van der Waals surface area (Å²) in [6.07, 6.45) is 0. The van der Waals surface area contributed by atoms with Gasteiger partial charge < -0.3 is 14.5 Å². The molecular weight excluding hydrogens is 777 g/mol. The molecule has 1 spiro atoms. The molecule has 0 fully saturated rings. The van der Waals surface area contributed by atoms with Crippen molar-refractivity contribution in [3.63, 3.8) is 0 Å². The van der Waals surface area contributed by atoms with E-state index in [1.807, 2.05) is 0 Å². The molecule has 3 heteroatoms. The molecule has 10 aromatic rings. The number of ether oxygens (including phenoxy) is 1. The molecule has 2 aliphatic rings. The minimum absolute atomic E-state index is 0.718. The van der Waals surface area contributed by atoms with Crippen molar-refractivity contribution in [3.8, 4) is 44.9 Å². The molecule has 0 unspecified atom stereocenters. The van der Waals surface area contributed by atoms with Gasteiger partial charge in [0, 0.05) is 45.0 Å². The lowest BCUT2D eigenvalue weighted by molar-refractivity contribution is 0.436. The number of para-hydroxylation sites is 4. The number of rotatable bonds is 8. The molecule has 1 heterocycles. The van der Waals surface area contributed by atoms with Gasteiger partial charge in [-0.2, -0.15) is 0 Å². The van der Waals surface area contributed by atoms with E-state index in [1.54, 1.807) is 0 Å². The van der Waals surface area contributed by atoms with Gasteiger partial charge in [0.25, 0.3) is 0 Å². The summed E-state index contributed by atoms with van der Waals surface area (Å²) in [7, 11) is 0. The second kappa shape index (κ2) is 15.5. The minimum atomic E-state index is -0.718. The Labute approximate surface area is 374 Å². The van der Waals surface area contributed by atoms with Crippen molar-refractivity contribution in [2.45, 2.75) is 5.41 Å². The van der Waals surface area contributed by atoms with Crippen LogP contribution in [0.4, 0.5) is 34.1 Å². The fourth-order valence-electron chi connectivity index (χ4n) is 10.2. The summed E-state index contributed by atoms with van der Waals surface area (Å²) in [5.74, 6) is 1.68. The van der Waals surface area contributed by atoms with Gasteiger partial charge in [0.05, 0.1) is 16.8 Å². The van der Waals surface area contributed by atoms with E-state index in [-0.39, 0.29) is 0 Å². The third-order valence-corrected chi connectivity index (χ3v) is 12.9. The Morgan fingerprint density at radius 3 is 1.03 bits per heavy atom. The first-order valence-corrected chi connectivity index (χ1v) is 21.9. The van der Waals surface area contributed by atoms with Crippen LogP contribution in [-0.4, -0.2) is 0 Å². The van der Waals surface area contributed by atoms with Crippen molar-refractivity contribution in [2.24, 2.45) is 0 Å². The van der Waals surface area contributed by atoms with E-state index in [0.29, 0.717) is 0 Å². The van der Waals surface area contributed by atoms with Gasteiger partial charge in [-0.1, -0.05) is 182 Å². The largest absolute Gasteiger partial charge is 0.457 e. The topological polar surface area (TPSA) is 15.7 Å². The minimum Gasteiger partial charge on any atom is -0.457 e. The fraction of sp³-hybridized carbons (Fsp3) is 0.0164. The number of hydrogen-bond acceptors (Lipinski definition) is 3. The third kappa shape index (κ3) is 5.97. The monoisotopic (exact) mass is 818 g/mol. The standard InChI is InChI=1S/C61H42N2O/c1-5-21-43(22-6-1)49-29-15-19-35-57(49)62(45-25-9-3-10-26-45)47-37-39-59-55(41-47)61(53-33-17-13-31-51(53)52-32-14-18-34-54(52)61)56-42-48(38-40-60(56)64-59)63(46-27-11-4-12-28-46)58-36-20-16-30-50(58)44-23-7-2-8-24-44/h1-42H. The zero-order valence-electron chi connectivity index (χ0n) is 35.1. The molecule has 0 atom stereocenters. The maximum absolute atomic E-state index is 7.14. The van der Waals surface area contributed by atoms with Crippen molar-refractivity contribution in [3.05, 3.63) is 277 Å². The number of nitrogens with zero attached hydrogens (tertiary/aromatic N) is 2. The molecule has 3 nitrogen and oxygen atoms in total. The maximum atomic E-state index is 7.14. The zero-order chi connectivity index (χ0) is 42.5. The van der Waals surface area contributed by atoms with E-state index in [2.05, 4.69) is 265 Å². The first kappa shape index (κ1) is 37.4. The van der Waals surface area contributed by atoms with E-state index >= 15 is 0 Å². The molecule has 302 valence electrons. The molecule has 0 aromatic heterocycles. The third-order valence-electron chi connectivity index (χ3n) is 12.9. The van der Waals surface area contributed by atoms with Gasteiger partial charge in [0.1, 0.15) is 11.5 Å². The number of hydrogen-bond donors (Lipinski definition) is 0. The van der Waals surface area contributed by atoms with Gasteiger partial charge in [-0.3, -0.25) is 0 Å². The fourth-order valence-corrected chi connectivity index (χ4v) is 10.2. The van der Waals surface area contributed by atoms with Crippen LogP contribution in [0.2, 0.25) is 0 Å².